The van der Waals surface area contributed by atoms with Crippen LogP contribution in [0.25, 0.3) is 22.3 Å². The number of amides is 1. The molecule has 1 aliphatic rings. The molecule has 222 valence electrons. The van der Waals surface area contributed by atoms with Crippen molar-refractivity contribution in [1.82, 2.24) is 14.9 Å². The fourth-order valence-corrected chi connectivity index (χ4v) is 6.12. The zero-order valence-electron chi connectivity index (χ0n) is 24.2. The summed E-state index contributed by atoms with van der Waals surface area (Å²) in [4.78, 5) is 36.2. The molecule has 0 radical (unpaired) electrons. The number of halogens is 2. The largest absolute Gasteiger partial charge is 0.496 e. The summed E-state index contributed by atoms with van der Waals surface area (Å²) in [6.07, 6.45) is 2.63. The van der Waals surface area contributed by atoms with Crippen LogP contribution in [0.1, 0.15) is 40.2 Å². The number of carbonyl (C=O) groups is 2. The lowest BCUT2D eigenvalue weighted by Crippen LogP contribution is -2.32. The van der Waals surface area contributed by atoms with Gasteiger partial charge in [0.1, 0.15) is 11.9 Å². The Hall–Kier alpha value is -3.79. The van der Waals surface area contributed by atoms with Crippen molar-refractivity contribution in [3.05, 3.63) is 93.2 Å². The number of ether oxygens (including phenoxy) is 3. The van der Waals surface area contributed by atoms with Gasteiger partial charge in [-0.1, -0.05) is 47.1 Å². The molecule has 1 fully saturated rings. The first-order chi connectivity index (χ1) is 20.6. The molecule has 0 spiro atoms. The highest BCUT2D eigenvalue weighted by atomic mass is 35.5. The molecular weight excluding hydrogens is 609 g/mol. The van der Waals surface area contributed by atoms with Gasteiger partial charge in [0.25, 0.3) is 0 Å². The lowest BCUT2D eigenvalue weighted by Gasteiger charge is -2.22. The van der Waals surface area contributed by atoms with Crippen molar-refractivity contribution < 1.29 is 23.8 Å². The molecular formula is C32H29Cl2N3O5S. The van der Waals surface area contributed by atoms with Gasteiger partial charge in [-0.25, -0.2) is 19.6 Å². The fraction of sp³-hybridized carbons (Fsp3) is 0.250. The Morgan fingerprint density at radius 1 is 1.02 bits per heavy atom. The number of rotatable bonds is 8. The van der Waals surface area contributed by atoms with E-state index >= 15 is 0 Å². The van der Waals surface area contributed by atoms with Gasteiger partial charge in [-0.2, -0.15) is 0 Å². The van der Waals surface area contributed by atoms with E-state index in [9.17, 15) is 9.59 Å². The summed E-state index contributed by atoms with van der Waals surface area (Å²) in [7, 11) is 2.96. The minimum absolute atomic E-state index is 0.177. The highest BCUT2D eigenvalue weighted by molar-refractivity contribution is 7.98. The minimum atomic E-state index is -0.553. The highest BCUT2D eigenvalue weighted by Gasteiger charge is 2.40. The predicted octanol–water partition coefficient (Wildman–Crippen LogP) is 8.02. The summed E-state index contributed by atoms with van der Waals surface area (Å²) in [5, 5.41) is 1.50. The van der Waals surface area contributed by atoms with E-state index < -0.39 is 18.2 Å². The Balaban J connectivity index is 1.54. The van der Waals surface area contributed by atoms with Crippen LogP contribution in [0.15, 0.2) is 66.0 Å². The van der Waals surface area contributed by atoms with Crippen molar-refractivity contribution in [3.63, 3.8) is 0 Å². The summed E-state index contributed by atoms with van der Waals surface area (Å²) in [5.74, 6) is 0.230. The van der Waals surface area contributed by atoms with E-state index in [1.54, 1.807) is 48.5 Å². The maximum absolute atomic E-state index is 13.2. The van der Waals surface area contributed by atoms with Crippen molar-refractivity contribution in [1.29, 1.82) is 0 Å². The number of hydrogen-bond donors (Lipinski definition) is 0. The number of carbonyl (C=O) groups excluding carboxylic acids is 2. The van der Waals surface area contributed by atoms with Crippen molar-refractivity contribution in [3.8, 4) is 28.0 Å². The van der Waals surface area contributed by atoms with Crippen LogP contribution >= 0.6 is 35.0 Å². The smallest absolute Gasteiger partial charge is 0.411 e. The molecule has 3 aromatic carbocycles. The SMILES string of the molecule is COC(=O)c1ccc(-c2ccc(OC)c(-c3cnc(SC)nc3CN3C(=O)O[C@H](c4cc(Cl)cc(Cl)c4)[C@@H]3C)c2)c(C)c1. The maximum Gasteiger partial charge on any atom is 0.411 e. The third-order valence-corrected chi connectivity index (χ3v) is 8.40. The topological polar surface area (TPSA) is 90.9 Å². The molecule has 0 N–H and O–H groups in total. The van der Waals surface area contributed by atoms with Crippen molar-refractivity contribution >= 4 is 47.0 Å². The summed E-state index contributed by atoms with van der Waals surface area (Å²) in [6, 6.07) is 16.1. The van der Waals surface area contributed by atoms with Crippen LogP contribution in [0.4, 0.5) is 4.79 Å². The van der Waals surface area contributed by atoms with Crippen LogP contribution in [0, 0.1) is 6.92 Å². The number of methoxy groups -OCH3 is 2. The molecule has 0 bridgehead atoms. The van der Waals surface area contributed by atoms with Crippen molar-refractivity contribution in [2.45, 2.75) is 37.7 Å². The molecule has 0 aliphatic carbocycles. The molecule has 1 aliphatic heterocycles. The molecule has 5 rings (SSSR count). The second-order valence-corrected chi connectivity index (χ2v) is 11.7. The van der Waals surface area contributed by atoms with Crippen molar-refractivity contribution in [2.24, 2.45) is 0 Å². The van der Waals surface area contributed by atoms with E-state index in [1.807, 2.05) is 44.4 Å². The van der Waals surface area contributed by atoms with Crippen LogP contribution in [-0.4, -0.2) is 53.4 Å². The Bertz CT molecular complexity index is 1700. The average molecular weight is 639 g/mol. The highest BCUT2D eigenvalue weighted by Crippen LogP contribution is 2.40. The Kier molecular flexibility index (Phi) is 9.15. The first-order valence-electron chi connectivity index (χ1n) is 13.3. The van der Waals surface area contributed by atoms with E-state index in [4.69, 9.17) is 42.4 Å². The average Bonchev–Trinajstić information content (AvgIpc) is 3.28. The van der Waals surface area contributed by atoms with Crippen LogP contribution in [0.2, 0.25) is 10.0 Å². The molecule has 1 saturated heterocycles. The lowest BCUT2D eigenvalue weighted by molar-refractivity contribution is 0.0600. The zero-order chi connectivity index (χ0) is 30.8. The van der Waals surface area contributed by atoms with Crippen LogP contribution in [0.3, 0.4) is 0 Å². The summed E-state index contributed by atoms with van der Waals surface area (Å²) >= 11 is 13.9. The second-order valence-electron chi connectivity index (χ2n) is 10.0. The number of nitrogens with zero attached hydrogens (tertiary/aromatic N) is 3. The van der Waals surface area contributed by atoms with Gasteiger partial charge in [-0.3, -0.25) is 4.90 Å². The predicted molar refractivity (Wildman–Crippen MR) is 168 cm³/mol. The van der Waals surface area contributed by atoms with Gasteiger partial charge >= 0.3 is 12.1 Å². The Labute approximate surface area is 264 Å². The second kappa shape index (κ2) is 12.8. The zero-order valence-corrected chi connectivity index (χ0v) is 26.5. The number of hydrogen-bond acceptors (Lipinski definition) is 8. The molecule has 11 heteroatoms. The Morgan fingerprint density at radius 3 is 2.42 bits per heavy atom. The number of aromatic nitrogens is 2. The number of esters is 1. The van der Waals surface area contributed by atoms with E-state index in [2.05, 4.69) is 4.98 Å². The van der Waals surface area contributed by atoms with E-state index in [1.165, 1.54) is 18.9 Å². The molecule has 1 aromatic heterocycles. The van der Waals surface area contributed by atoms with Gasteiger partial charge in [-0.05, 0) is 84.8 Å². The van der Waals surface area contributed by atoms with Gasteiger partial charge in [-0.15, -0.1) is 0 Å². The molecule has 8 nitrogen and oxygen atoms in total. The minimum Gasteiger partial charge on any atom is -0.496 e. The van der Waals surface area contributed by atoms with Crippen molar-refractivity contribution in [2.75, 3.05) is 20.5 Å². The maximum atomic E-state index is 13.2. The first-order valence-corrected chi connectivity index (χ1v) is 15.3. The van der Waals surface area contributed by atoms with Gasteiger partial charge in [0.2, 0.25) is 0 Å². The molecule has 0 unspecified atom stereocenters. The number of benzene rings is 3. The number of thioether (sulfide) groups is 1. The Morgan fingerprint density at radius 2 is 1.77 bits per heavy atom. The van der Waals surface area contributed by atoms with E-state index in [0.717, 1.165) is 33.4 Å². The number of aryl methyl sites for hydroxylation is 1. The van der Waals surface area contributed by atoms with Crippen LogP contribution in [-0.2, 0) is 16.0 Å². The van der Waals surface area contributed by atoms with Gasteiger partial charge < -0.3 is 14.2 Å². The van der Waals surface area contributed by atoms with Gasteiger partial charge in [0, 0.05) is 27.4 Å². The molecule has 2 atom stereocenters. The molecule has 2 heterocycles. The third kappa shape index (κ3) is 6.30. The lowest BCUT2D eigenvalue weighted by atomic mass is 9.94. The van der Waals surface area contributed by atoms with E-state index in [-0.39, 0.29) is 12.6 Å². The summed E-state index contributed by atoms with van der Waals surface area (Å²) in [5.41, 5.74) is 6.08. The number of cyclic esters (lactones) is 1. The van der Waals surface area contributed by atoms with Crippen LogP contribution in [0.5, 0.6) is 5.75 Å². The first kappa shape index (κ1) is 30.7. The monoisotopic (exact) mass is 637 g/mol. The molecule has 43 heavy (non-hydrogen) atoms. The standard InChI is InChI=1S/C32H29Cl2N3O5S/c1-17-10-20(30(38)41-4)6-8-24(17)19-7-9-28(40-3)25(13-19)26-15-35-31(43-5)36-27(26)16-37-18(2)29(42-32(37)39)21-11-22(33)14-23(34)12-21/h6-15,18,29H,16H2,1-5H3/t18-,29-/m0/s1. The quantitative estimate of drug-likeness (QED) is 0.109. The molecule has 0 saturated carbocycles. The molecule has 4 aromatic rings. The molecule has 1 amide bonds. The van der Waals surface area contributed by atoms with E-state index in [0.29, 0.717) is 32.2 Å². The van der Waals surface area contributed by atoms with Gasteiger partial charge in [0.15, 0.2) is 5.16 Å². The summed E-state index contributed by atoms with van der Waals surface area (Å²) < 4.78 is 16.4. The fourth-order valence-electron chi connectivity index (χ4n) is 5.22. The van der Waals surface area contributed by atoms with Gasteiger partial charge in [0.05, 0.1) is 38.1 Å². The van der Waals surface area contributed by atoms with Crippen LogP contribution < -0.4 is 4.74 Å². The third-order valence-electron chi connectivity index (χ3n) is 7.40. The summed E-state index contributed by atoms with van der Waals surface area (Å²) in [6.45, 7) is 4.04. The normalized spacial score (nSPS) is 16.3.